The van der Waals surface area contributed by atoms with E-state index in [1.54, 1.807) is 32.2 Å². The van der Waals surface area contributed by atoms with Crippen molar-refractivity contribution in [3.8, 4) is 17.5 Å². The first-order chi connectivity index (χ1) is 15.4. The zero-order chi connectivity index (χ0) is 24.1. The van der Waals surface area contributed by atoms with Crippen molar-refractivity contribution in [3.05, 3.63) is 53.4 Å². The van der Waals surface area contributed by atoms with Crippen LogP contribution in [0.4, 0.5) is 13.2 Å². The van der Waals surface area contributed by atoms with Gasteiger partial charge in [0.05, 0.1) is 35.7 Å². The van der Waals surface area contributed by atoms with Crippen LogP contribution in [0.3, 0.4) is 0 Å². The van der Waals surface area contributed by atoms with Crippen molar-refractivity contribution < 1.29 is 23.1 Å². The molecule has 3 aromatic heterocycles. The molecule has 3 aromatic rings. The Hall–Kier alpha value is -3.72. The number of nitriles is 1. The van der Waals surface area contributed by atoms with E-state index in [0.717, 1.165) is 0 Å². The van der Waals surface area contributed by atoms with Gasteiger partial charge in [0, 0.05) is 19.8 Å². The number of hydrogen-bond acceptors (Lipinski definition) is 6. The quantitative estimate of drug-likeness (QED) is 0.644. The van der Waals surface area contributed by atoms with E-state index in [0.29, 0.717) is 29.6 Å². The summed E-state index contributed by atoms with van der Waals surface area (Å²) < 4.78 is 42.8. The molecular weight excluding hydrogens is 439 g/mol. The van der Waals surface area contributed by atoms with Gasteiger partial charge >= 0.3 is 6.18 Å². The number of halogens is 3. The fourth-order valence-electron chi connectivity index (χ4n) is 3.87. The standard InChI is InChI=1S/C21H20F3N7O2/c1-12-10-30(11-14-9-27-19(31(12)14)20(2,33)21(22,23)24)18(32)17-6-16(28-29(17)3)15-5-4-13(7-25)8-26-15/h4-6,8-9,12,33H,10-11H2,1-3H3/t12-,20+/m0/s1. The minimum Gasteiger partial charge on any atom is -0.374 e. The third kappa shape index (κ3) is 3.74. The molecule has 1 aliphatic heterocycles. The topological polar surface area (TPSA) is 113 Å². The third-order valence-electron chi connectivity index (χ3n) is 5.68. The Morgan fingerprint density at radius 2 is 1.97 bits per heavy atom. The molecule has 0 bridgehead atoms. The van der Waals surface area contributed by atoms with Crippen LogP contribution in [0.5, 0.6) is 0 Å². The number of rotatable bonds is 3. The number of nitrogens with zero attached hydrogens (tertiary/aromatic N) is 7. The maximum absolute atomic E-state index is 13.4. The van der Waals surface area contributed by atoms with Crippen molar-refractivity contribution in [1.82, 2.24) is 29.2 Å². The molecule has 4 rings (SSSR count). The largest absolute Gasteiger partial charge is 0.424 e. The summed E-state index contributed by atoms with van der Waals surface area (Å²) in [6.07, 6.45) is -2.24. The number of carbonyl (C=O) groups is 1. The lowest BCUT2D eigenvalue weighted by Gasteiger charge is -2.36. The number of aliphatic hydroxyl groups is 1. The monoisotopic (exact) mass is 459 g/mol. The van der Waals surface area contributed by atoms with Gasteiger partial charge in [-0.2, -0.15) is 23.5 Å². The molecule has 33 heavy (non-hydrogen) atoms. The van der Waals surface area contributed by atoms with Crippen molar-refractivity contribution >= 4 is 5.91 Å². The number of aromatic nitrogens is 5. The molecule has 9 nitrogen and oxygen atoms in total. The van der Waals surface area contributed by atoms with E-state index in [1.807, 2.05) is 6.07 Å². The second kappa shape index (κ2) is 7.70. The number of aryl methyl sites for hydroxylation is 1. The summed E-state index contributed by atoms with van der Waals surface area (Å²) in [5.74, 6) is -0.854. The number of alkyl halides is 3. The molecule has 12 heteroatoms. The molecule has 0 saturated heterocycles. The Balaban J connectivity index is 1.61. The van der Waals surface area contributed by atoms with Crippen LogP contribution in [0.2, 0.25) is 0 Å². The minimum atomic E-state index is -4.90. The molecule has 1 N–H and O–H groups in total. The van der Waals surface area contributed by atoms with Crippen LogP contribution >= 0.6 is 0 Å². The number of hydrogen-bond donors (Lipinski definition) is 1. The highest BCUT2D eigenvalue weighted by molar-refractivity contribution is 5.93. The maximum atomic E-state index is 13.4. The van der Waals surface area contributed by atoms with Gasteiger partial charge in [-0.1, -0.05) is 0 Å². The lowest BCUT2D eigenvalue weighted by molar-refractivity contribution is -0.263. The van der Waals surface area contributed by atoms with Crippen molar-refractivity contribution in [3.63, 3.8) is 0 Å². The lowest BCUT2D eigenvalue weighted by atomic mass is 10.0. The SMILES string of the molecule is C[C@H]1CN(C(=O)c2cc(-c3ccc(C#N)cn3)nn2C)Cc2cnc([C@@](C)(O)C(F)(F)F)n21. The maximum Gasteiger partial charge on any atom is 0.424 e. The zero-order valence-electron chi connectivity index (χ0n) is 18.0. The van der Waals surface area contributed by atoms with E-state index < -0.39 is 23.6 Å². The third-order valence-corrected chi connectivity index (χ3v) is 5.68. The van der Waals surface area contributed by atoms with Gasteiger partial charge in [0.2, 0.25) is 5.60 Å². The fraction of sp³-hybridized carbons (Fsp3) is 0.381. The Bertz CT molecular complexity index is 1250. The summed E-state index contributed by atoms with van der Waals surface area (Å²) >= 11 is 0. The van der Waals surface area contributed by atoms with Crippen LogP contribution in [-0.4, -0.2) is 53.0 Å². The summed E-state index contributed by atoms with van der Waals surface area (Å²) in [6.45, 7) is 2.48. The van der Waals surface area contributed by atoms with Gasteiger partial charge in [-0.15, -0.1) is 0 Å². The molecule has 0 spiro atoms. The first kappa shape index (κ1) is 22.5. The number of imidazole rings is 1. The fourth-order valence-corrected chi connectivity index (χ4v) is 3.87. The average molecular weight is 459 g/mol. The highest BCUT2D eigenvalue weighted by atomic mass is 19.4. The first-order valence-corrected chi connectivity index (χ1v) is 9.99. The first-order valence-electron chi connectivity index (χ1n) is 9.99. The van der Waals surface area contributed by atoms with Gasteiger partial charge in [-0.05, 0) is 32.0 Å². The van der Waals surface area contributed by atoms with Crippen LogP contribution in [0, 0.1) is 11.3 Å². The van der Waals surface area contributed by atoms with Crippen molar-refractivity contribution in [2.24, 2.45) is 7.05 Å². The van der Waals surface area contributed by atoms with E-state index >= 15 is 0 Å². The molecule has 4 heterocycles. The Kier molecular flexibility index (Phi) is 5.24. The van der Waals surface area contributed by atoms with Crippen molar-refractivity contribution in [1.29, 1.82) is 5.26 Å². The Labute approximate surface area is 186 Å². The number of fused-ring (bicyclic) bond motifs is 1. The second-order valence-electron chi connectivity index (χ2n) is 8.13. The van der Waals surface area contributed by atoms with Gasteiger partial charge in [0.25, 0.3) is 5.91 Å². The Morgan fingerprint density at radius 1 is 1.24 bits per heavy atom. The van der Waals surface area contributed by atoms with E-state index in [1.165, 1.54) is 26.5 Å². The van der Waals surface area contributed by atoms with Gasteiger partial charge in [-0.25, -0.2) is 4.98 Å². The molecule has 0 unspecified atom stereocenters. The molecule has 0 fully saturated rings. The summed E-state index contributed by atoms with van der Waals surface area (Å²) in [5, 5.41) is 23.3. The number of carbonyl (C=O) groups excluding carboxylic acids is 1. The zero-order valence-corrected chi connectivity index (χ0v) is 18.0. The Morgan fingerprint density at radius 3 is 2.58 bits per heavy atom. The summed E-state index contributed by atoms with van der Waals surface area (Å²) in [6, 6.07) is 6.24. The summed E-state index contributed by atoms with van der Waals surface area (Å²) in [4.78, 5) is 22.7. The number of pyridine rings is 1. The minimum absolute atomic E-state index is 0.0275. The van der Waals surface area contributed by atoms with Crippen LogP contribution in [-0.2, 0) is 19.2 Å². The molecule has 2 atom stereocenters. The van der Waals surface area contributed by atoms with Gasteiger partial charge in [0.15, 0.2) is 5.82 Å². The lowest BCUT2D eigenvalue weighted by Crippen LogP contribution is -2.45. The van der Waals surface area contributed by atoms with Crippen LogP contribution in [0.25, 0.3) is 11.4 Å². The summed E-state index contributed by atoms with van der Waals surface area (Å²) in [5.41, 5.74) is -1.11. The van der Waals surface area contributed by atoms with Crippen LogP contribution < -0.4 is 0 Å². The molecule has 1 amide bonds. The summed E-state index contributed by atoms with van der Waals surface area (Å²) in [7, 11) is 1.61. The highest BCUT2D eigenvalue weighted by Gasteiger charge is 2.55. The predicted molar refractivity (Wildman–Crippen MR) is 108 cm³/mol. The predicted octanol–water partition coefficient (Wildman–Crippen LogP) is 2.54. The van der Waals surface area contributed by atoms with Gasteiger partial charge in [-0.3, -0.25) is 14.5 Å². The van der Waals surface area contributed by atoms with Crippen molar-refractivity contribution in [2.45, 2.75) is 38.2 Å². The van der Waals surface area contributed by atoms with Crippen molar-refractivity contribution in [2.75, 3.05) is 6.54 Å². The number of amides is 1. The molecule has 0 radical (unpaired) electrons. The van der Waals surface area contributed by atoms with E-state index in [9.17, 15) is 23.1 Å². The smallest absolute Gasteiger partial charge is 0.374 e. The molecule has 0 saturated carbocycles. The van der Waals surface area contributed by atoms with Gasteiger partial charge in [0.1, 0.15) is 17.5 Å². The molecule has 0 aliphatic carbocycles. The van der Waals surface area contributed by atoms with E-state index in [4.69, 9.17) is 5.26 Å². The van der Waals surface area contributed by atoms with E-state index in [-0.39, 0.29) is 24.7 Å². The van der Waals surface area contributed by atoms with Crippen LogP contribution in [0.1, 0.15) is 47.5 Å². The van der Waals surface area contributed by atoms with Crippen LogP contribution in [0.15, 0.2) is 30.6 Å². The molecule has 1 aliphatic rings. The second-order valence-corrected chi connectivity index (χ2v) is 8.13. The average Bonchev–Trinajstić information content (AvgIpc) is 3.37. The molecular formula is C21H20F3N7O2. The molecule has 172 valence electrons. The highest BCUT2D eigenvalue weighted by Crippen LogP contribution is 2.40. The van der Waals surface area contributed by atoms with E-state index in [2.05, 4.69) is 15.1 Å². The molecule has 0 aromatic carbocycles. The normalized spacial score (nSPS) is 17.9. The van der Waals surface area contributed by atoms with Gasteiger partial charge < -0.3 is 14.6 Å².